The van der Waals surface area contributed by atoms with E-state index in [1.165, 1.54) is 12.1 Å². The molecule has 1 rings (SSSR count). The van der Waals surface area contributed by atoms with Crippen molar-refractivity contribution < 1.29 is 13.5 Å². The molecule has 1 N–H and O–H groups in total. The number of hydrogen-bond acceptors (Lipinski definition) is 2. The van der Waals surface area contributed by atoms with Crippen LogP contribution in [0.5, 0.6) is 5.75 Å². The summed E-state index contributed by atoms with van der Waals surface area (Å²) in [7, 11) is 0. The maximum Gasteiger partial charge on any atom is 0.190 e. The van der Waals surface area contributed by atoms with E-state index in [2.05, 4.69) is 11.9 Å². The molecule has 0 amide bonds. The molecule has 0 aliphatic carbocycles. The van der Waals surface area contributed by atoms with Gasteiger partial charge in [-0.15, -0.1) is 6.58 Å². The van der Waals surface area contributed by atoms with Crippen molar-refractivity contribution in [2.75, 3.05) is 13.2 Å². The molecule has 112 valence electrons. The van der Waals surface area contributed by atoms with Gasteiger partial charge in [-0.05, 0) is 49.9 Å². The standard InChI is InChI=1S/C16H23F2NO/c1-3-5-6-7-8-9-20-16-14(17)10-13(11-15(16)18)12-19-4-2/h3,10-11,19H,1,4-9,12H2,2H3. The second-order valence-corrected chi connectivity index (χ2v) is 4.66. The zero-order chi connectivity index (χ0) is 14.8. The number of ether oxygens (including phenoxy) is 1. The van der Waals surface area contributed by atoms with E-state index >= 15 is 0 Å². The first-order chi connectivity index (χ1) is 9.69. The fourth-order valence-electron chi connectivity index (χ4n) is 1.86. The van der Waals surface area contributed by atoms with Crippen molar-refractivity contribution in [1.82, 2.24) is 5.32 Å². The number of hydrogen-bond donors (Lipinski definition) is 1. The Balaban J connectivity index is 2.47. The second-order valence-electron chi connectivity index (χ2n) is 4.66. The third-order valence-corrected chi connectivity index (χ3v) is 2.94. The highest BCUT2D eigenvalue weighted by Gasteiger charge is 2.12. The van der Waals surface area contributed by atoms with Gasteiger partial charge in [-0.3, -0.25) is 0 Å². The Morgan fingerprint density at radius 3 is 2.50 bits per heavy atom. The predicted molar refractivity (Wildman–Crippen MR) is 77.9 cm³/mol. The Labute approximate surface area is 119 Å². The average Bonchev–Trinajstić information content (AvgIpc) is 2.42. The molecule has 0 spiro atoms. The lowest BCUT2D eigenvalue weighted by atomic mass is 10.2. The van der Waals surface area contributed by atoms with E-state index in [1.54, 1.807) is 0 Å². The van der Waals surface area contributed by atoms with Crippen molar-refractivity contribution in [3.8, 4) is 5.75 Å². The van der Waals surface area contributed by atoms with E-state index in [9.17, 15) is 8.78 Å². The Hall–Kier alpha value is -1.42. The topological polar surface area (TPSA) is 21.3 Å². The zero-order valence-electron chi connectivity index (χ0n) is 12.1. The minimum atomic E-state index is -0.635. The summed E-state index contributed by atoms with van der Waals surface area (Å²) in [6.45, 7) is 7.12. The minimum absolute atomic E-state index is 0.269. The maximum atomic E-state index is 13.8. The van der Waals surface area contributed by atoms with E-state index < -0.39 is 11.6 Å². The van der Waals surface area contributed by atoms with Gasteiger partial charge < -0.3 is 10.1 Å². The first-order valence-electron chi connectivity index (χ1n) is 7.11. The molecule has 20 heavy (non-hydrogen) atoms. The molecule has 4 heteroatoms. The van der Waals surface area contributed by atoms with Gasteiger partial charge in [0.05, 0.1) is 6.61 Å². The van der Waals surface area contributed by atoms with Crippen LogP contribution in [0.25, 0.3) is 0 Å². The second kappa shape index (κ2) is 9.48. The van der Waals surface area contributed by atoms with E-state index in [0.717, 1.165) is 32.2 Å². The van der Waals surface area contributed by atoms with E-state index in [1.807, 2.05) is 13.0 Å². The number of allylic oxidation sites excluding steroid dienone is 1. The monoisotopic (exact) mass is 283 g/mol. The third-order valence-electron chi connectivity index (χ3n) is 2.94. The van der Waals surface area contributed by atoms with E-state index in [4.69, 9.17) is 4.74 Å². The van der Waals surface area contributed by atoms with Crippen LogP contribution in [0.4, 0.5) is 8.78 Å². The van der Waals surface area contributed by atoms with Crippen LogP contribution in [0.1, 0.15) is 38.2 Å². The quantitative estimate of drug-likeness (QED) is 0.513. The average molecular weight is 283 g/mol. The highest BCUT2D eigenvalue weighted by atomic mass is 19.1. The molecule has 0 aliphatic rings. The first kappa shape index (κ1) is 16.6. The molecule has 0 heterocycles. The van der Waals surface area contributed by atoms with Crippen LogP contribution in [0.15, 0.2) is 24.8 Å². The number of unbranched alkanes of at least 4 members (excludes halogenated alkanes) is 3. The lowest BCUT2D eigenvalue weighted by Crippen LogP contribution is -2.12. The van der Waals surface area contributed by atoms with Gasteiger partial charge in [0.1, 0.15) is 0 Å². The van der Waals surface area contributed by atoms with Crippen molar-refractivity contribution in [2.24, 2.45) is 0 Å². The summed E-state index contributed by atoms with van der Waals surface area (Å²) in [5.41, 5.74) is 0.584. The molecule has 1 aromatic carbocycles. The molecule has 0 bridgehead atoms. The smallest absolute Gasteiger partial charge is 0.190 e. The fourth-order valence-corrected chi connectivity index (χ4v) is 1.86. The molecule has 0 aromatic heterocycles. The van der Waals surface area contributed by atoms with Crippen LogP contribution < -0.4 is 10.1 Å². The van der Waals surface area contributed by atoms with Gasteiger partial charge in [-0.2, -0.15) is 0 Å². The first-order valence-corrected chi connectivity index (χ1v) is 7.11. The maximum absolute atomic E-state index is 13.8. The number of nitrogens with one attached hydrogen (secondary N) is 1. The lowest BCUT2D eigenvalue weighted by Gasteiger charge is -2.10. The number of benzene rings is 1. The number of rotatable bonds is 10. The van der Waals surface area contributed by atoms with Gasteiger partial charge in [0.15, 0.2) is 17.4 Å². The third kappa shape index (κ3) is 5.70. The van der Waals surface area contributed by atoms with Crippen molar-refractivity contribution in [3.63, 3.8) is 0 Å². The van der Waals surface area contributed by atoms with Crippen LogP contribution >= 0.6 is 0 Å². The van der Waals surface area contributed by atoms with Gasteiger partial charge in [-0.1, -0.05) is 13.0 Å². The predicted octanol–water partition coefficient (Wildman–Crippen LogP) is 4.20. The van der Waals surface area contributed by atoms with Gasteiger partial charge >= 0.3 is 0 Å². The van der Waals surface area contributed by atoms with Crippen LogP contribution in [0.3, 0.4) is 0 Å². The summed E-state index contributed by atoms with van der Waals surface area (Å²) < 4.78 is 32.7. The van der Waals surface area contributed by atoms with Crippen LogP contribution in [0.2, 0.25) is 0 Å². The van der Waals surface area contributed by atoms with Crippen LogP contribution in [0, 0.1) is 11.6 Å². The SMILES string of the molecule is C=CCCCCCOc1c(F)cc(CNCC)cc1F. The fraction of sp³-hybridized carbons (Fsp3) is 0.500. The molecule has 0 atom stereocenters. The van der Waals surface area contributed by atoms with Crippen LogP contribution in [-0.2, 0) is 6.54 Å². The largest absolute Gasteiger partial charge is 0.488 e. The van der Waals surface area contributed by atoms with Crippen molar-refractivity contribution in [3.05, 3.63) is 42.0 Å². The Morgan fingerprint density at radius 1 is 1.20 bits per heavy atom. The zero-order valence-corrected chi connectivity index (χ0v) is 12.1. The van der Waals surface area contributed by atoms with Crippen molar-refractivity contribution >= 4 is 0 Å². The molecule has 0 aliphatic heterocycles. The van der Waals surface area contributed by atoms with Gasteiger partial charge in [-0.25, -0.2) is 8.78 Å². The van der Waals surface area contributed by atoms with Gasteiger partial charge in [0.2, 0.25) is 0 Å². The van der Waals surface area contributed by atoms with E-state index in [0.29, 0.717) is 18.7 Å². The van der Waals surface area contributed by atoms with Crippen LogP contribution in [-0.4, -0.2) is 13.2 Å². The highest BCUT2D eigenvalue weighted by molar-refractivity contribution is 5.31. The Kier molecular flexibility index (Phi) is 7.88. The Morgan fingerprint density at radius 2 is 1.90 bits per heavy atom. The molecule has 0 radical (unpaired) electrons. The molecule has 0 saturated carbocycles. The molecular formula is C16H23F2NO. The minimum Gasteiger partial charge on any atom is -0.488 e. The molecule has 0 unspecified atom stereocenters. The summed E-state index contributed by atoms with van der Waals surface area (Å²) >= 11 is 0. The molecule has 1 aromatic rings. The van der Waals surface area contributed by atoms with Gasteiger partial charge in [0, 0.05) is 6.54 Å². The summed E-state index contributed by atoms with van der Waals surface area (Å²) in [6.07, 6.45) is 5.60. The summed E-state index contributed by atoms with van der Waals surface area (Å²) in [4.78, 5) is 0. The molecule has 0 saturated heterocycles. The number of halogens is 2. The molecule has 0 fully saturated rings. The lowest BCUT2D eigenvalue weighted by molar-refractivity contribution is 0.275. The normalized spacial score (nSPS) is 10.6. The van der Waals surface area contributed by atoms with Gasteiger partial charge in [0.25, 0.3) is 0 Å². The summed E-state index contributed by atoms with van der Waals surface area (Å²) in [5.74, 6) is -1.54. The van der Waals surface area contributed by atoms with Crippen molar-refractivity contribution in [1.29, 1.82) is 0 Å². The summed E-state index contributed by atoms with van der Waals surface area (Å²) in [5, 5.41) is 3.03. The molecular weight excluding hydrogens is 260 g/mol. The Bertz CT molecular complexity index is 398. The molecule has 2 nitrogen and oxygen atoms in total. The van der Waals surface area contributed by atoms with E-state index in [-0.39, 0.29) is 5.75 Å². The summed E-state index contributed by atoms with van der Waals surface area (Å²) in [6, 6.07) is 2.64. The highest BCUT2D eigenvalue weighted by Crippen LogP contribution is 2.23. The van der Waals surface area contributed by atoms with Crippen molar-refractivity contribution in [2.45, 2.75) is 39.2 Å².